The van der Waals surface area contributed by atoms with Crippen molar-refractivity contribution < 1.29 is 22.3 Å². The Morgan fingerprint density at radius 3 is 2.52 bits per heavy atom. The van der Waals surface area contributed by atoms with Crippen LogP contribution in [0.15, 0.2) is 58.4 Å². The van der Waals surface area contributed by atoms with E-state index in [9.17, 15) is 8.42 Å². The Kier molecular flexibility index (Phi) is 9.10. The SMILES string of the molecule is CCCNCCOc1ccc(NS(=O)(=O)c2ccc(-c3cocn3)cc2)c(OC)n1.Cl. The molecule has 0 bridgehead atoms. The fourth-order valence-corrected chi connectivity index (χ4v) is 3.69. The minimum atomic E-state index is -3.84. The fourth-order valence-electron chi connectivity index (χ4n) is 2.63. The molecule has 168 valence electrons. The second-order valence-electron chi connectivity index (χ2n) is 6.31. The summed E-state index contributed by atoms with van der Waals surface area (Å²) in [5.41, 5.74) is 1.59. The van der Waals surface area contributed by atoms with E-state index in [4.69, 9.17) is 13.9 Å². The van der Waals surface area contributed by atoms with Gasteiger partial charge in [-0.3, -0.25) is 4.72 Å². The van der Waals surface area contributed by atoms with Crippen LogP contribution in [0.5, 0.6) is 11.8 Å². The third kappa shape index (κ3) is 6.58. The van der Waals surface area contributed by atoms with E-state index in [0.29, 0.717) is 24.7 Å². The van der Waals surface area contributed by atoms with Crippen LogP contribution < -0.4 is 19.5 Å². The second kappa shape index (κ2) is 11.5. The number of hydrogen-bond acceptors (Lipinski definition) is 8. The minimum Gasteiger partial charge on any atom is -0.479 e. The van der Waals surface area contributed by atoms with E-state index in [1.807, 2.05) is 0 Å². The van der Waals surface area contributed by atoms with Crippen molar-refractivity contribution in [2.45, 2.75) is 18.2 Å². The molecule has 2 N–H and O–H groups in total. The number of benzene rings is 1. The van der Waals surface area contributed by atoms with Crippen LogP contribution in [0.4, 0.5) is 5.69 Å². The Bertz CT molecular complexity index is 1040. The number of hydrogen-bond donors (Lipinski definition) is 2. The largest absolute Gasteiger partial charge is 0.479 e. The number of nitrogens with one attached hydrogen (secondary N) is 2. The van der Waals surface area contributed by atoms with Crippen molar-refractivity contribution in [3.8, 4) is 23.0 Å². The number of sulfonamides is 1. The Morgan fingerprint density at radius 2 is 1.87 bits per heavy atom. The molecule has 11 heteroatoms. The molecule has 0 aliphatic heterocycles. The van der Waals surface area contributed by atoms with Crippen molar-refractivity contribution in [3.63, 3.8) is 0 Å². The Morgan fingerprint density at radius 1 is 1.10 bits per heavy atom. The number of aromatic nitrogens is 2. The molecule has 3 rings (SSSR count). The molecular weight excluding hydrogens is 444 g/mol. The molecule has 0 spiro atoms. The van der Waals surface area contributed by atoms with Crippen LogP contribution in [0.1, 0.15) is 13.3 Å². The van der Waals surface area contributed by atoms with Crippen LogP contribution in [0.2, 0.25) is 0 Å². The van der Waals surface area contributed by atoms with Crippen molar-refractivity contribution in [3.05, 3.63) is 49.1 Å². The Labute approximate surface area is 187 Å². The summed E-state index contributed by atoms with van der Waals surface area (Å²) < 4.78 is 43.8. The van der Waals surface area contributed by atoms with Gasteiger partial charge in [-0.25, -0.2) is 13.4 Å². The highest BCUT2D eigenvalue weighted by Crippen LogP contribution is 2.28. The Hall–Kier alpha value is -2.82. The zero-order valence-corrected chi connectivity index (χ0v) is 18.8. The van der Waals surface area contributed by atoms with Crippen molar-refractivity contribution in [2.75, 3.05) is 31.5 Å². The maximum Gasteiger partial charge on any atom is 0.262 e. The summed E-state index contributed by atoms with van der Waals surface area (Å²) >= 11 is 0. The molecule has 0 aliphatic rings. The maximum absolute atomic E-state index is 12.8. The van der Waals surface area contributed by atoms with Gasteiger partial charge in [0.05, 0.1) is 12.0 Å². The second-order valence-corrected chi connectivity index (χ2v) is 7.99. The predicted octanol–water partition coefficient (Wildman–Crippen LogP) is 3.35. The summed E-state index contributed by atoms with van der Waals surface area (Å²) in [5.74, 6) is 0.474. The standard InChI is InChI=1S/C20H24N4O5S.ClH/c1-3-10-21-11-12-29-19-9-8-17(20(23-19)27-2)24-30(25,26)16-6-4-15(5-7-16)18-13-28-14-22-18;/h4-9,13-14,21,24H,3,10-12H2,1-2H3;1H. The van der Waals surface area contributed by atoms with Gasteiger partial charge in [-0.2, -0.15) is 4.98 Å². The molecule has 1 aromatic carbocycles. The average molecular weight is 469 g/mol. The van der Waals surface area contributed by atoms with Crippen LogP contribution in [-0.2, 0) is 10.0 Å². The lowest BCUT2D eigenvalue weighted by Crippen LogP contribution is -2.21. The van der Waals surface area contributed by atoms with Crippen LogP contribution in [0, 0.1) is 0 Å². The van der Waals surface area contributed by atoms with Gasteiger partial charge in [-0.15, -0.1) is 12.4 Å². The first-order valence-corrected chi connectivity index (χ1v) is 10.9. The molecule has 3 aromatic rings. The highest BCUT2D eigenvalue weighted by Gasteiger charge is 2.18. The highest BCUT2D eigenvalue weighted by atomic mass is 35.5. The lowest BCUT2D eigenvalue weighted by molar-refractivity contribution is 0.296. The van der Waals surface area contributed by atoms with Gasteiger partial charge in [0.15, 0.2) is 6.39 Å². The lowest BCUT2D eigenvalue weighted by Gasteiger charge is -2.13. The first-order valence-electron chi connectivity index (χ1n) is 9.43. The number of anilines is 1. The summed E-state index contributed by atoms with van der Waals surface area (Å²) in [6, 6.07) is 9.45. The molecule has 31 heavy (non-hydrogen) atoms. The molecule has 0 atom stereocenters. The highest BCUT2D eigenvalue weighted by molar-refractivity contribution is 7.92. The number of ether oxygens (including phenoxy) is 2. The van der Waals surface area contributed by atoms with Crippen LogP contribution in [-0.4, -0.2) is 45.2 Å². The number of oxazole rings is 1. The van der Waals surface area contributed by atoms with Crippen molar-refractivity contribution in [1.82, 2.24) is 15.3 Å². The molecule has 0 fully saturated rings. The first-order chi connectivity index (χ1) is 14.5. The van der Waals surface area contributed by atoms with E-state index in [1.54, 1.807) is 24.3 Å². The van der Waals surface area contributed by atoms with Crippen LogP contribution in [0.25, 0.3) is 11.3 Å². The van der Waals surface area contributed by atoms with E-state index in [1.165, 1.54) is 31.9 Å². The number of halogens is 1. The van der Waals surface area contributed by atoms with Gasteiger partial charge < -0.3 is 19.2 Å². The number of nitrogens with zero attached hydrogens (tertiary/aromatic N) is 2. The van der Waals surface area contributed by atoms with E-state index in [-0.39, 0.29) is 28.9 Å². The van der Waals surface area contributed by atoms with Gasteiger partial charge in [-0.1, -0.05) is 19.1 Å². The molecule has 0 amide bonds. The summed E-state index contributed by atoms with van der Waals surface area (Å²) in [5, 5.41) is 3.22. The molecule has 2 aromatic heterocycles. The summed E-state index contributed by atoms with van der Waals surface area (Å²) in [4.78, 5) is 8.35. The predicted molar refractivity (Wildman–Crippen MR) is 119 cm³/mol. The molecule has 2 heterocycles. The number of methoxy groups -OCH3 is 1. The van der Waals surface area contributed by atoms with Gasteiger partial charge in [0.25, 0.3) is 10.0 Å². The number of rotatable bonds is 11. The molecule has 0 saturated heterocycles. The summed E-state index contributed by atoms with van der Waals surface area (Å²) in [6.45, 7) is 4.14. The van der Waals surface area contributed by atoms with E-state index in [0.717, 1.165) is 18.5 Å². The third-order valence-corrected chi connectivity index (χ3v) is 5.50. The topological polar surface area (TPSA) is 116 Å². The van der Waals surface area contributed by atoms with Crippen molar-refractivity contribution in [1.29, 1.82) is 0 Å². The van der Waals surface area contributed by atoms with Gasteiger partial charge in [0, 0.05) is 18.2 Å². The monoisotopic (exact) mass is 468 g/mol. The lowest BCUT2D eigenvalue weighted by atomic mass is 10.2. The smallest absolute Gasteiger partial charge is 0.262 e. The molecule has 0 saturated carbocycles. The number of pyridine rings is 1. The molecule has 0 unspecified atom stereocenters. The van der Waals surface area contributed by atoms with E-state index < -0.39 is 10.0 Å². The van der Waals surface area contributed by atoms with Crippen molar-refractivity contribution in [2.24, 2.45) is 0 Å². The molecule has 9 nitrogen and oxygen atoms in total. The fraction of sp³-hybridized carbons (Fsp3) is 0.300. The zero-order valence-electron chi connectivity index (χ0n) is 17.2. The summed E-state index contributed by atoms with van der Waals surface area (Å²) in [6.07, 6.45) is 3.85. The Balaban J connectivity index is 0.00000341. The van der Waals surface area contributed by atoms with Gasteiger partial charge >= 0.3 is 0 Å². The van der Waals surface area contributed by atoms with E-state index in [2.05, 4.69) is 26.9 Å². The molecule has 0 aliphatic carbocycles. The summed E-state index contributed by atoms with van der Waals surface area (Å²) in [7, 11) is -2.42. The zero-order chi connectivity index (χ0) is 21.4. The van der Waals surface area contributed by atoms with Gasteiger partial charge in [0.2, 0.25) is 11.8 Å². The molecular formula is C20H25ClN4O5S. The molecule has 0 radical (unpaired) electrons. The van der Waals surface area contributed by atoms with Gasteiger partial charge in [0.1, 0.15) is 24.3 Å². The normalized spacial score (nSPS) is 10.9. The average Bonchev–Trinajstić information content (AvgIpc) is 3.29. The maximum atomic E-state index is 12.8. The van der Waals surface area contributed by atoms with Gasteiger partial charge in [-0.05, 0) is 31.2 Å². The third-order valence-electron chi connectivity index (χ3n) is 4.12. The van der Waals surface area contributed by atoms with Crippen LogP contribution >= 0.6 is 12.4 Å². The first kappa shape index (κ1) is 24.4. The quantitative estimate of drug-likeness (QED) is 0.411. The minimum absolute atomic E-state index is 0. The van der Waals surface area contributed by atoms with Crippen molar-refractivity contribution >= 4 is 28.1 Å². The van der Waals surface area contributed by atoms with Crippen LogP contribution in [0.3, 0.4) is 0 Å². The van der Waals surface area contributed by atoms with E-state index >= 15 is 0 Å².